The van der Waals surface area contributed by atoms with E-state index in [1.807, 2.05) is 0 Å². The minimum absolute atomic E-state index is 0.0262. The third kappa shape index (κ3) is 3.03. The number of hydrogen-bond acceptors (Lipinski definition) is 5. The lowest BCUT2D eigenvalue weighted by Gasteiger charge is -2.06. The molecular weight excluding hydrogens is 246 g/mol. The molecule has 1 aromatic heterocycles. The molecule has 0 aliphatic heterocycles. The number of oxime groups is 1. The molecule has 0 radical (unpaired) electrons. The smallest absolute Gasteiger partial charge is 0.257 e. The Bertz CT molecular complexity index is 613. The number of amidine groups is 1. The summed E-state index contributed by atoms with van der Waals surface area (Å²) in [5.74, 6) is -0.340. The molecule has 2 rings (SSSR count). The highest BCUT2D eigenvalue weighted by atomic mass is 16.4. The number of amides is 1. The van der Waals surface area contributed by atoms with E-state index >= 15 is 0 Å². The number of nitrogens with zero attached hydrogens (tertiary/aromatic N) is 3. The summed E-state index contributed by atoms with van der Waals surface area (Å²) in [6, 6.07) is 8.20. The number of nitrogens with two attached hydrogens (primary N) is 1. The second-order valence-corrected chi connectivity index (χ2v) is 3.65. The molecule has 7 heteroatoms. The number of rotatable bonds is 3. The van der Waals surface area contributed by atoms with E-state index in [0.29, 0.717) is 16.8 Å². The Labute approximate surface area is 108 Å². The van der Waals surface area contributed by atoms with E-state index in [4.69, 9.17) is 10.9 Å². The predicted octanol–water partition coefficient (Wildman–Crippen LogP) is 0.823. The van der Waals surface area contributed by atoms with Crippen LogP contribution in [0, 0.1) is 0 Å². The molecule has 1 aromatic carbocycles. The van der Waals surface area contributed by atoms with Crippen LogP contribution in [0.1, 0.15) is 15.9 Å². The van der Waals surface area contributed by atoms with Gasteiger partial charge in [-0.25, -0.2) is 0 Å². The van der Waals surface area contributed by atoms with E-state index in [2.05, 4.69) is 20.7 Å². The van der Waals surface area contributed by atoms with Gasteiger partial charge in [-0.1, -0.05) is 17.3 Å². The monoisotopic (exact) mass is 257 g/mol. The van der Waals surface area contributed by atoms with Gasteiger partial charge in [0, 0.05) is 11.3 Å². The van der Waals surface area contributed by atoms with Crippen molar-refractivity contribution < 1.29 is 10.0 Å². The normalized spacial score (nSPS) is 11.1. The van der Waals surface area contributed by atoms with Crippen molar-refractivity contribution in [2.75, 3.05) is 5.32 Å². The van der Waals surface area contributed by atoms with E-state index in [1.165, 1.54) is 12.4 Å². The largest absolute Gasteiger partial charge is 0.409 e. The van der Waals surface area contributed by atoms with Crippen LogP contribution in [0.15, 0.2) is 47.9 Å². The van der Waals surface area contributed by atoms with Crippen molar-refractivity contribution in [1.29, 1.82) is 0 Å². The molecule has 0 saturated heterocycles. The van der Waals surface area contributed by atoms with Gasteiger partial charge in [-0.05, 0) is 18.2 Å². The molecule has 19 heavy (non-hydrogen) atoms. The molecule has 0 saturated carbocycles. The molecule has 0 aliphatic carbocycles. The maximum absolute atomic E-state index is 11.9. The Morgan fingerprint density at radius 2 is 2.11 bits per heavy atom. The summed E-state index contributed by atoms with van der Waals surface area (Å²) in [6.45, 7) is 0. The first-order valence-corrected chi connectivity index (χ1v) is 5.36. The molecule has 1 heterocycles. The number of nitrogens with one attached hydrogen (secondary N) is 1. The van der Waals surface area contributed by atoms with Crippen LogP contribution in [-0.2, 0) is 0 Å². The average Bonchev–Trinajstić information content (AvgIpc) is 2.47. The minimum Gasteiger partial charge on any atom is -0.409 e. The van der Waals surface area contributed by atoms with Gasteiger partial charge in [0.1, 0.15) is 0 Å². The summed E-state index contributed by atoms with van der Waals surface area (Å²) in [6.07, 6.45) is 2.80. The van der Waals surface area contributed by atoms with Crippen LogP contribution in [-0.4, -0.2) is 27.1 Å². The van der Waals surface area contributed by atoms with E-state index in [1.54, 1.807) is 30.3 Å². The highest BCUT2D eigenvalue weighted by molar-refractivity contribution is 6.05. The van der Waals surface area contributed by atoms with Crippen molar-refractivity contribution in [3.63, 3.8) is 0 Å². The highest BCUT2D eigenvalue weighted by Crippen LogP contribution is 2.11. The Balaban J connectivity index is 2.18. The third-order valence-corrected chi connectivity index (χ3v) is 2.37. The second-order valence-electron chi connectivity index (χ2n) is 3.65. The number of aromatic nitrogens is 2. The maximum atomic E-state index is 11.9. The summed E-state index contributed by atoms with van der Waals surface area (Å²) in [4.78, 5) is 11.9. The number of carbonyl (C=O) groups excluding carboxylic acids is 1. The predicted molar refractivity (Wildman–Crippen MR) is 68.9 cm³/mol. The summed E-state index contributed by atoms with van der Waals surface area (Å²) in [5, 5.41) is 21.4. The highest BCUT2D eigenvalue weighted by Gasteiger charge is 2.07. The molecular formula is C12H11N5O2. The fourth-order valence-electron chi connectivity index (χ4n) is 1.44. The Morgan fingerprint density at radius 3 is 2.79 bits per heavy atom. The lowest BCUT2D eigenvalue weighted by atomic mass is 10.2. The van der Waals surface area contributed by atoms with Gasteiger partial charge in [0.15, 0.2) is 5.84 Å². The summed E-state index contributed by atoms with van der Waals surface area (Å²) in [5.41, 5.74) is 6.91. The zero-order chi connectivity index (χ0) is 13.7. The summed E-state index contributed by atoms with van der Waals surface area (Å²) >= 11 is 0. The van der Waals surface area contributed by atoms with Gasteiger partial charge in [0.05, 0.1) is 18.0 Å². The van der Waals surface area contributed by atoms with Crippen molar-refractivity contribution in [1.82, 2.24) is 10.2 Å². The quantitative estimate of drug-likeness (QED) is 0.326. The second kappa shape index (κ2) is 5.58. The standard InChI is InChI=1S/C12H11N5O2/c13-11(17-19)8-2-1-3-10(6-8)16-12(18)9-4-5-14-15-7-9/h1-7,19H,(H2,13,17)(H,16,18). The van der Waals surface area contributed by atoms with Crippen LogP contribution < -0.4 is 11.1 Å². The van der Waals surface area contributed by atoms with Gasteiger partial charge in [0.2, 0.25) is 0 Å². The topological polar surface area (TPSA) is 113 Å². The van der Waals surface area contributed by atoms with Gasteiger partial charge < -0.3 is 16.3 Å². The molecule has 4 N–H and O–H groups in total. The van der Waals surface area contributed by atoms with E-state index in [-0.39, 0.29) is 11.7 Å². The van der Waals surface area contributed by atoms with E-state index in [9.17, 15) is 4.79 Å². The fraction of sp³-hybridized carbons (Fsp3) is 0. The van der Waals surface area contributed by atoms with Gasteiger partial charge in [-0.15, -0.1) is 0 Å². The van der Waals surface area contributed by atoms with Crippen molar-refractivity contribution in [2.24, 2.45) is 10.9 Å². The number of carbonyl (C=O) groups is 1. The minimum atomic E-state index is -0.313. The van der Waals surface area contributed by atoms with Crippen LogP contribution in [0.5, 0.6) is 0 Å². The van der Waals surface area contributed by atoms with Crippen LogP contribution in [0.2, 0.25) is 0 Å². The van der Waals surface area contributed by atoms with Crippen molar-refractivity contribution in [3.05, 3.63) is 53.9 Å². The summed E-state index contributed by atoms with van der Waals surface area (Å²) < 4.78 is 0. The van der Waals surface area contributed by atoms with Crippen molar-refractivity contribution in [2.45, 2.75) is 0 Å². The Morgan fingerprint density at radius 1 is 1.26 bits per heavy atom. The zero-order valence-corrected chi connectivity index (χ0v) is 9.82. The fourth-order valence-corrected chi connectivity index (χ4v) is 1.44. The van der Waals surface area contributed by atoms with Crippen LogP contribution in [0.4, 0.5) is 5.69 Å². The Kier molecular flexibility index (Phi) is 3.67. The van der Waals surface area contributed by atoms with E-state index in [0.717, 1.165) is 0 Å². The molecule has 0 unspecified atom stereocenters. The molecule has 0 spiro atoms. The number of anilines is 1. The van der Waals surface area contributed by atoms with Gasteiger partial charge in [-0.2, -0.15) is 10.2 Å². The molecule has 0 aliphatic rings. The van der Waals surface area contributed by atoms with Gasteiger partial charge in [-0.3, -0.25) is 4.79 Å². The number of benzene rings is 1. The molecule has 0 atom stereocenters. The SMILES string of the molecule is N/C(=N/O)c1cccc(NC(=O)c2ccnnc2)c1. The molecule has 0 bridgehead atoms. The van der Waals surface area contributed by atoms with Gasteiger partial charge >= 0.3 is 0 Å². The third-order valence-electron chi connectivity index (χ3n) is 2.37. The van der Waals surface area contributed by atoms with E-state index < -0.39 is 0 Å². The van der Waals surface area contributed by atoms with Crippen molar-refractivity contribution >= 4 is 17.4 Å². The zero-order valence-electron chi connectivity index (χ0n) is 9.82. The first-order chi connectivity index (χ1) is 9.20. The number of hydrogen-bond donors (Lipinski definition) is 3. The maximum Gasteiger partial charge on any atom is 0.257 e. The molecule has 96 valence electrons. The first-order valence-electron chi connectivity index (χ1n) is 5.36. The van der Waals surface area contributed by atoms with Crippen LogP contribution >= 0.6 is 0 Å². The molecule has 2 aromatic rings. The van der Waals surface area contributed by atoms with Crippen LogP contribution in [0.25, 0.3) is 0 Å². The van der Waals surface area contributed by atoms with Crippen molar-refractivity contribution in [3.8, 4) is 0 Å². The average molecular weight is 257 g/mol. The summed E-state index contributed by atoms with van der Waals surface area (Å²) in [7, 11) is 0. The Hall–Kier alpha value is -2.96. The lowest BCUT2D eigenvalue weighted by Crippen LogP contribution is -2.15. The lowest BCUT2D eigenvalue weighted by molar-refractivity contribution is 0.102. The van der Waals surface area contributed by atoms with Crippen LogP contribution in [0.3, 0.4) is 0 Å². The molecule has 1 amide bonds. The molecule has 0 fully saturated rings. The molecule has 7 nitrogen and oxygen atoms in total. The van der Waals surface area contributed by atoms with Gasteiger partial charge in [0.25, 0.3) is 5.91 Å². The first kappa shape index (κ1) is 12.5.